The molecule has 0 atom stereocenters. The van der Waals surface area contributed by atoms with Crippen molar-refractivity contribution in [2.75, 3.05) is 13.7 Å². The molecule has 5 heteroatoms. The SMILES string of the molecule is COC(=O)CCOc1c(C)cc(Br)cc1CNC(C)C. The van der Waals surface area contributed by atoms with Gasteiger partial charge < -0.3 is 14.8 Å². The van der Waals surface area contributed by atoms with Crippen molar-refractivity contribution in [2.45, 2.75) is 39.8 Å². The summed E-state index contributed by atoms with van der Waals surface area (Å²) in [6.07, 6.45) is 0.253. The highest BCUT2D eigenvalue weighted by molar-refractivity contribution is 9.10. The second-order valence-corrected chi connectivity index (χ2v) is 5.84. The van der Waals surface area contributed by atoms with E-state index in [4.69, 9.17) is 4.74 Å². The van der Waals surface area contributed by atoms with Crippen molar-refractivity contribution in [1.82, 2.24) is 5.32 Å². The van der Waals surface area contributed by atoms with Gasteiger partial charge in [0.15, 0.2) is 0 Å². The molecule has 20 heavy (non-hydrogen) atoms. The minimum absolute atomic E-state index is 0.253. The number of ether oxygens (including phenoxy) is 2. The van der Waals surface area contributed by atoms with Crippen molar-refractivity contribution in [3.63, 3.8) is 0 Å². The highest BCUT2D eigenvalue weighted by Crippen LogP contribution is 2.28. The predicted octanol–water partition coefficient (Wildman–Crippen LogP) is 3.20. The molecule has 1 aromatic carbocycles. The number of methoxy groups -OCH3 is 1. The fourth-order valence-electron chi connectivity index (χ4n) is 1.79. The van der Waals surface area contributed by atoms with E-state index in [1.807, 2.05) is 19.1 Å². The van der Waals surface area contributed by atoms with Crippen LogP contribution in [0.3, 0.4) is 0 Å². The number of hydrogen-bond acceptors (Lipinski definition) is 4. The minimum Gasteiger partial charge on any atom is -0.492 e. The van der Waals surface area contributed by atoms with Crippen LogP contribution in [0.2, 0.25) is 0 Å². The molecule has 0 aliphatic heterocycles. The lowest BCUT2D eigenvalue weighted by atomic mass is 10.1. The quantitative estimate of drug-likeness (QED) is 0.772. The highest BCUT2D eigenvalue weighted by Gasteiger charge is 2.10. The topological polar surface area (TPSA) is 47.6 Å². The van der Waals surface area contributed by atoms with Crippen LogP contribution < -0.4 is 10.1 Å². The van der Waals surface area contributed by atoms with E-state index in [2.05, 4.69) is 39.8 Å². The standard InChI is InChI=1S/C15H22BrNO3/c1-10(2)17-9-12-8-13(16)7-11(3)15(12)20-6-5-14(18)19-4/h7-8,10,17H,5-6,9H2,1-4H3. The molecule has 0 aromatic heterocycles. The average molecular weight is 344 g/mol. The van der Waals surface area contributed by atoms with Crippen LogP contribution in [-0.4, -0.2) is 25.7 Å². The van der Waals surface area contributed by atoms with Crippen LogP contribution in [0.4, 0.5) is 0 Å². The third-order valence-electron chi connectivity index (χ3n) is 2.80. The van der Waals surface area contributed by atoms with Gasteiger partial charge in [0.05, 0.1) is 20.1 Å². The van der Waals surface area contributed by atoms with Gasteiger partial charge in [-0.25, -0.2) is 0 Å². The number of aryl methyl sites for hydroxylation is 1. The Labute approximate surface area is 129 Å². The second-order valence-electron chi connectivity index (χ2n) is 4.92. The van der Waals surface area contributed by atoms with Gasteiger partial charge in [-0.05, 0) is 24.6 Å². The molecule has 0 saturated carbocycles. The molecule has 0 fully saturated rings. The average Bonchev–Trinajstić information content (AvgIpc) is 2.38. The van der Waals surface area contributed by atoms with E-state index in [-0.39, 0.29) is 12.4 Å². The molecular formula is C15H22BrNO3. The van der Waals surface area contributed by atoms with E-state index in [0.29, 0.717) is 12.6 Å². The summed E-state index contributed by atoms with van der Waals surface area (Å²) in [5, 5.41) is 3.37. The molecule has 0 bridgehead atoms. The summed E-state index contributed by atoms with van der Waals surface area (Å²) in [7, 11) is 1.38. The van der Waals surface area contributed by atoms with Crippen LogP contribution in [0.1, 0.15) is 31.4 Å². The number of carbonyl (C=O) groups is 1. The third kappa shape index (κ3) is 5.51. The molecule has 0 saturated heterocycles. The van der Waals surface area contributed by atoms with Gasteiger partial charge in [0.1, 0.15) is 5.75 Å². The Hall–Kier alpha value is -1.07. The van der Waals surface area contributed by atoms with E-state index in [1.54, 1.807) is 0 Å². The van der Waals surface area contributed by atoms with Crippen LogP contribution in [0.5, 0.6) is 5.75 Å². The maximum absolute atomic E-state index is 11.1. The number of halogens is 1. The maximum atomic E-state index is 11.1. The number of nitrogens with one attached hydrogen (secondary N) is 1. The first-order valence-electron chi connectivity index (χ1n) is 6.66. The lowest BCUT2D eigenvalue weighted by molar-refractivity contribution is -0.141. The molecule has 0 aliphatic rings. The Morgan fingerprint density at radius 2 is 2.10 bits per heavy atom. The lowest BCUT2D eigenvalue weighted by Gasteiger charge is -2.16. The summed E-state index contributed by atoms with van der Waals surface area (Å²) >= 11 is 3.50. The maximum Gasteiger partial charge on any atom is 0.308 e. The van der Waals surface area contributed by atoms with E-state index >= 15 is 0 Å². The van der Waals surface area contributed by atoms with E-state index in [0.717, 1.165) is 27.9 Å². The van der Waals surface area contributed by atoms with Crippen molar-refractivity contribution in [3.05, 3.63) is 27.7 Å². The summed E-state index contributed by atoms with van der Waals surface area (Å²) in [5.41, 5.74) is 2.13. The zero-order valence-corrected chi connectivity index (χ0v) is 14.0. The Morgan fingerprint density at radius 3 is 2.70 bits per heavy atom. The fourth-order valence-corrected chi connectivity index (χ4v) is 2.41. The van der Waals surface area contributed by atoms with Crippen molar-refractivity contribution in [3.8, 4) is 5.75 Å². The molecule has 0 radical (unpaired) electrons. The minimum atomic E-state index is -0.262. The summed E-state index contributed by atoms with van der Waals surface area (Å²) < 4.78 is 11.4. The van der Waals surface area contributed by atoms with Crippen molar-refractivity contribution < 1.29 is 14.3 Å². The van der Waals surface area contributed by atoms with Crippen molar-refractivity contribution in [2.24, 2.45) is 0 Å². The largest absolute Gasteiger partial charge is 0.492 e. The van der Waals surface area contributed by atoms with Gasteiger partial charge in [0.25, 0.3) is 0 Å². The van der Waals surface area contributed by atoms with E-state index in [9.17, 15) is 4.79 Å². The molecule has 0 amide bonds. The second kappa shape index (κ2) is 8.27. The zero-order chi connectivity index (χ0) is 15.1. The Bertz CT molecular complexity index is 461. The van der Waals surface area contributed by atoms with Gasteiger partial charge in [0.2, 0.25) is 0 Å². The normalized spacial score (nSPS) is 10.7. The molecule has 1 N–H and O–H groups in total. The number of benzene rings is 1. The summed E-state index contributed by atoms with van der Waals surface area (Å²) in [6.45, 7) is 7.25. The van der Waals surface area contributed by atoms with Crippen LogP contribution in [0.25, 0.3) is 0 Å². The number of esters is 1. The lowest BCUT2D eigenvalue weighted by Crippen LogP contribution is -2.22. The van der Waals surface area contributed by atoms with Crippen molar-refractivity contribution in [1.29, 1.82) is 0 Å². The molecule has 0 spiro atoms. The zero-order valence-electron chi connectivity index (χ0n) is 12.5. The third-order valence-corrected chi connectivity index (χ3v) is 3.26. The van der Waals surface area contributed by atoms with Crippen LogP contribution in [0.15, 0.2) is 16.6 Å². The molecule has 112 valence electrons. The number of carbonyl (C=O) groups excluding carboxylic acids is 1. The summed E-state index contributed by atoms with van der Waals surface area (Å²) in [5.74, 6) is 0.576. The van der Waals surface area contributed by atoms with Gasteiger partial charge in [0, 0.05) is 22.6 Å². The molecule has 4 nitrogen and oxygen atoms in total. The molecule has 0 aliphatic carbocycles. The number of rotatable bonds is 7. The molecule has 0 heterocycles. The number of hydrogen-bond donors (Lipinski definition) is 1. The summed E-state index contributed by atoms with van der Waals surface area (Å²) in [4.78, 5) is 11.1. The van der Waals surface area contributed by atoms with Crippen LogP contribution >= 0.6 is 15.9 Å². The van der Waals surface area contributed by atoms with Gasteiger partial charge >= 0.3 is 5.97 Å². The van der Waals surface area contributed by atoms with Crippen LogP contribution in [-0.2, 0) is 16.1 Å². The Morgan fingerprint density at radius 1 is 1.40 bits per heavy atom. The van der Waals surface area contributed by atoms with Gasteiger partial charge in [-0.3, -0.25) is 4.79 Å². The first-order chi connectivity index (χ1) is 9.43. The predicted molar refractivity (Wildman–Crippen MR) is 83.0 cm³/mol. The molecular weight excluding hydrogens is 322 g/mol. The highest BCUT2D eigenvalue weighted by atomic mass is 79.9. The van der Waals surface area contributed by atoms with Gasteiger partial charge in [-0.1, -0.05) is 29.8 Å². The van der Waals surface area contributed by atoms with Crippen molar-refractivity contribution >= 4 is 21.9 Å². The van der Waals surface area contributed by atoms with Gasteiger partial charge in [-0.2, -0.15) is 0 Å². The molecule has 1 rings (SSSR count). The first kappa shape index (κ1) is 17.0. The fraction of sp³-hybridized carbons (Fsp3) is 0.533. The first-order valence-corrected chi connectivity index (χ1v) is 7.45. The molecule has 0 unspecified atom stereocenters. The van der Waals surface area contributed by atoms with Gasteiger partial charge in [-0.15, -0.1) is 0 Å². The summed E-state index contributed by atoms with van der Waals surface area (Å²) in [6, 6.07) is 4.44. The van der Waals surface area contributed by atoms with E-state index in [1.165, 1.54) is 7.11 Å². The Balaban J connectivity index is 2.78. The Kier molecular flexibility index (Phi) is 7.02. The molecule has 1 aromatic rings. The monoisotopic (exact) mass is 343 g/mol. The van der Waals surface area contributed by atoms with Crippen LogP contribution in [0, 0.1) is 6.92 Å². The van der Waals surface area contributed by atoms with E-state index < -0.39 is 0 Å². The smallest absolute Gasteiger partial charge is 0.308 e.